The molecule has 0 aromatic heterocycles. The summed E-state index contributed by atoms with van der Waals surface area (Å²) in [5.41, 5.74) is 1.32. The molecule has 0 spiro atoms. The van der Waals surface area contributed by atoms with Gasteiger partial charge in [-0.3, -0.25) is 24.3 Å². The molecule has 0 radical (unpaired) electrons. The highest BCUT2D eigenvalue weighted by molar-refractivity contribution is 5.79. The molecule has 3 saturated heterocycles. The third kappa shape index (κ3) is 6.74. The molecular weight excluding hydrogens is 394 g/mol. The van der Waals surface area contributed by atoms with Gasteiger partial charge in [-0.05, 0) is 12.0 Å². The van der Waals surface area contributed by atoms with E-state index in [0.717, 1.165) is 52.2 Å². The number of hydrogen-bond acceptors (Lipinski definition) is 6. The van der Waals surface area contributed by atoms with Crippen LogP contribution >= 0.6 is 0 Å². The molecule has 8 heteroatoms. The van der Waals surface area contributed by atoms with Crippen LogP contribution in [0.2, 0.25) is 0 Å². The topological polar surface area (TPSA) is 68.4 Å². The Balaban J connectivity index is 1.12. The highest BCUT2D eigenvalue weighted by atomic mass is 16.5. The molecule has 3 aliphatic rings. The molecule has 1 atom stereocenters. The Morgan fingerprint density at radius 1 is 0.871 bits per heavy atom. The van der Waals surface area contributed by atoms with Crippen molar-refractivity contribution in [2.75, 3.05) is 78.7 Å². The van der Waals surface area contributed by atoms with E-state index in [-0.39, 0.29) is 17.9 Å². The molecule has 8 nitrogen and oxygen atoms in total. The van der Waals surface area contributed by atoms with Gasteiger partial charge in [0.2, 0.25) is 11.8 Å². The van der Waals surface area contributed by atoms with Crippen LogP contribution in [0.25, 0.3) is 0 Å². The van der Waals surface area contributed by atoms with Crippen molar-refractivity contribution in [3.8, 4) is 0 Å². The lowest BCUT2D eigenvalue weighted by molar-refractivity contribution is -0.137. The number of ether oxygens (including phenoxy) is 1. The zero-order valence-electron chi connectivity index (χ0n) is 18.4. The minimum Gasteiger partial charge on any atom is -0.378 e. The Kier molecular flexibility index (Phi) is 7.91. The number of benzene rings is 1. The summed E-state index contributed by atoms with van der Waals surface area (Å²) >= 11 is 0. The summed E-state index contributed by atoms with van der Waals surface area (Å²) in [6.07, 6.45) is 1.01. The van der Waals surface area contributed by atoms with Crippen molar-refractivity contribution in [2.24, 2.45) is 0 Å². The summed E-state index contributed by atoms with van der Waals surface area (Å²) in [5, 5.41) is 3.22. The lowest BCUT2D eigenvalue weighted by Gasteiger charge is -2.35. The Labute approximate surface area is 185 Å². The lowest BCUT2D eigenvalue weighted by atomic mass is 10.2. The number of hydrogen-bond donors (Lipinski definition) is 1. The van der Waals surface area contributed by atoms with Crippen molar-refractivity contribution >= 4 is 11.8 Å². The first kappa shape index (κ1) is 22.2. The van der Waals surface area contributed by atoms with Crippen molar-refractivity contribution in [1.82, 2.24) is 24.9 Å². The number of morpholine rings is 1. The highest BCUT2D eigenvalue weighted by Gasteiger charge is 2.26. The van der Waals surface area contributed by atoms with E-state index < -0.39 is 0 Å². The van der Waals surface area contributed by atoms with Gasteiger partial charge in [-0.25, -0.2) is 0 Å². The minimum atomic E-state index is 0.115. The number of likely N-dealkylation sites (tertiary alicyclic amines) is 1. The van der Waals surface area contributed by atoms with E-state index in [0.29, 0.717) is 39.4 Å². The molecular formula is C23H35N5O3. The van der Waals surface area contributed by atoms with Gasteiger partial charge < -0.3 is 15.0 Å². The molecule has 1 N–H and O–H groups in total. The van der Waals surface area contributed by atoms with Gasteiger partial charge in [0, 0.05) is 64.9 Å². The second kappa shape index (κ2) is 11.0. The number of amides is 2. The van der Waals surface area contributed by atoms with Gasteiger partial charge in [-0.1, -0.05) is 30.3 Å². The maximum absolute atomic E-state index is 12.5. The highest BCUT2D eigenvalue weighted by Crippen LogP contribution is 2.13. The van der Waals surface area contributed by atoms with E-state index in [1.165, 1.54) is 5.56 Å². The zero-order valence-corrected chi connectivity index (χ0v) is 18.4. The first-order valence-corrected chi connectivity index (χ1v) is 11.5. The van der Waals surface area contributed by atoms with Gasteiger partial charge in [0.25, 0.3) is 0 Å². The Bertz CT molecular complexity index is 717. The SMILES string of the molecule is O=C(CN1CCN(CC(=O)N2CCOCC2)CC1)N[C@@H]1CCN(Cc2ccccc2)C1. The summed E-state index contributed by atoms with van der Waals surface area (Å²) in [6, 6.07) is 10.7. The maximum Gasteiger partial charge on any atom is 0.236 e. The standard InChI is InChI=1S/C23H35N5O3/c29-22(24-21-6-7-27(17-21)16-20-4-2-1-3-5-20)18-25-8-10-26(11-9-25)19-23(30)28-12-14-31-15-13-28/h1-5,21H,6-19H2,(H,24,29)/t21-/m1/s1. The molecule has 3 aliphatic heterocycles. The molecule has 1 aromatic carbocycles. The van der Waals surface area contributed by atoms with Gasteiger partial charge in [-0.15, -0.1) is 0 Å². The fourth-order valence-corrected chi connectivity index (χ4v) is 4.62. The number of piperazine rings is 1. The van der Waals surface area contributed by atoms with Crippen molar-refractivity contribution < 1.29 is 14.3 Å². The van der Waals surface area contributed by atoms with E-state index in [2.05, 4.69) is 44.3 Å². The summed E-state index contributed by atoms with van der Waals surface area (Å²) in [7, 11) is 0. The van der Waals surface area contributed by atoms with Crippen LogP contribution in [0, 0.1) is 0 Å². The average molecular weight is 430 g/mol. The van der Waals surface area contributed by atoms with E-state index >= 15 is 0 Å². The molecule has 0 saturated carbocycles. The zero-order chi connectivity index (χ0) is 21.5. The third-order valence-electron chi connectivity index (χ3n) is 6.44. The van der Waals surface area contributed by atoms with Crippen LogP contribution in [0.5, 0.6) is 0 Å². The van der Waals surface area contributed by atoms with Crippen molar-refractivity contribution in [2.45, 2.75) is 19.0 Å². The van der Waals surface area contributed by atoms with Crippen LogP contribution < -0.4 is 5.32 Å². The number of carbonyl (C=O) groups is 2. The Morgan fingerprint density at radius 2 is 1.55 bits per heavy atom. The molecule has 3 heterocycles. The first-order chi connectivity index (χ1) is 15.2. The minimum absolute atomic E-state index is 0.115. The van der Waals surface area contributed by atoms with Crippen LogP contribution in [0.15, 0.2) is 30.3 Å². The monoisotopic (exact) mass is 429 g/mol. The quantitative estimate of drug-likeness (QED) is 0.651. The van der Waals surface area contributed by atoms with Crippen LogP contribution in [-0.2, 0) is 20.9 Å². The Hall–Kier alpha value is -2.00. The summed E-state index contributed by atoms with van der Waals surface area (Å²) < 4.78 is 5.32. The second-order valence-corrected chi connectivity index (χ2v) is 8.82. The van der Waals surface area contributed by atoms with Crippen molar-refractivity contribution in [1.29, 1.82) is 0 Å². The van der Waals surface area contributed by atoms with Gasteiger partial charge in [0.15, 0.2) is 0 Å². The van der Waals surface area contributed by atoms with Gasteiger partial charge >= 0.3 is 0 Å². The number of nitrogens with zero attached hydrogens (tertiary/aromatic N) is 4. The van der Waals surface area contributed by atoms with E-state index in [9.17, 15) is 9.59 Å². The lowest BCUT2D eigenvalue weighted by Crippen LogP contribution is -2.53. The summed E-state index contributed by atoms with van der Waals surface area (Å²) in [4.78, 5) is 33.6. The Morgan fingerprint density at radius 3 is 2.26 bits per heavy atom. The summed E-state index contributed by atoms with van der Waals surface area (Å²) in [5.74, 6) is 0.306. The fraction of sp³-hybridized carbons (Fsp3) is 0.652. The first-order valence-electron chi connectivity index (χ1n) is 11.5. The largest absolute Gasteiger partial charge is 0.378 e. The molecule has 0 bridgehead atoms. The fourth-order valence-electron chi connectivity index (χ4n) is 4.62. The van der Waals surface area contributed by atoms with Crippen LogP contribution in [0.1, 0.15) is 12.0 Å². The normalized spacial score (nSPS) is 23.7. The van der Waals surface area contributed by atoms with Gasteiger partial charge in [-0.2, -0.15) is 0 Å². The molecule has 2 amide bonds. The van der Waals surface area contributed by atoms with E-state index in [1.807, 2.05) is 11.0 Å². The number of carbonyl (C=O) groups excluding carboxylic acids is 2. The molecule has 170 valence electrons. The van der Waals surface area contributed by atoms with Crippen molar-refractivity contribution in [3.63, 3.8) is 0 Å². The third-order valence-corrected chi connectivity index (χ3v) is 6.44. The van der Waals surface area contributed by atoms with Crippen LogP contribution in [-0.4, -0.2) is 116 Å². The number of nitrogens with one attached hydrogen (secondary N) is 1. The molecule has 1 aromatic rings. The molecule has 4 rings (SSSR count). The van der Waals surface area contributed by atoms with Crippen LogP contribution in [0.4, 0.5) is 0 Å². The number of rotatable bonds is 7. The predicted octanol–water partition coefficient (Wildman–Crippen LogP) is -0.146. The van der Waals surface area contributed by atoms with E-state index in [1.54, 1.807) is 0 Å². The second-order valence-electron chi connectivity index (χ2n) is 8.82. The van der Waals surface area contributed by atoms with Gasteiger partial charge in [0.1, 0.15) is 0 Å². The van der Waals surface area contributed by atoms with E-state index in [4.69, 9.17) is 4.74 Å². The molecule has 3 fully saturated rings. The smallest absolute Gasteiger partial charge is 0.236 e. The van der Waals surface area contributed by atoms with Gasteiger partial charge in [0.05, 0.1) is 26.3 Å². The van der Waals surface area contributed by atoms with Crippen molar-refractivity contribution in [3.05, 3.63) is 35.9 Å². The van der Waals surface area contributed by atoms with Crippen LogP contribution in [0.3, 0.4) is 0 Å². The molecule has 0 unspecified atom stereocenters. The average Bonchev–Trinajstić information content (AvgIpc) is 3.22. The molecule has 0 aliphatic carbocycles. The molecule has 31 heavy (non-hydrogen) atoms. The predicted molar refractivity (Wildman–Crippen MR) is 119 cm³/mol. The summed E-state index contributed by atoms with van der Waals surface area (Å²) in [6.45, 7) is 9.79. The maximum atomic E-state index is 12.5.